The van der Waals surface area contributed by atoms with E-state index in [0.717, 1.165) is 6.42 Å². The number of amides is 2. The third-order valence-corrected chi connectivity index (χ3v) is 4.98. The van der Waals surface area contributed by atoms with E-state index in [0.29, 0.717) is 45.9 Å². The van der Waals surface area contributed by atoms with Crippen molar-refractivity contribution in [3.05, 3.63) is 23.2 Å². The highest BCUT2D eigenvalue weighted by Gasteiger charge is 2.25. The lowest BCUT2D eigenvalue weighted by atomic mass is 10.2. The third kappa shape index (κ3) is 5.09. The molecule has 0 radical (unpaired) electrons. The molecule has 8 heteroatoms. The van der Waals surface area contributed by atoms with Crippen molar-refractivity contribution in [2.24, 2.45) is 0 Å². The molecule has 1 aliphatic heterocycles. The lowest BCUT2D eigenvalue weighted by Crippen LogP contribution is -2.29. The fourth-order valence-corrected chi connectivity index (χ4v) is 3.44. The van der Waals surface area contributed by atoms with Gasteiger partial charge in [-0.3, -0.25) is 14.5 Å². The Hall–Kier alpha value is -1.31. The van der Waals surface area contributed by atoms with E-state index in [1.165, 1.54) is 18.9 Å². The molecule has 0 unspecified atom stereocenters. The highest BCUT2D eigenvalue weighted by Crippen LogP contribution is 2.27. The Balaban J connectivity index is 1.76. The maximum Gasteiger partial charge on any atom is 0.238 e. The van der Waals surface area contributed by atoms with Crippen LogP contribution >= 0.6 is 35.6 Å². The van der Waals surface area contributed by atoms with Crippen LogP contribution < -0.4 is 10.1 Å². The van der Waals surface area contributed by atoms with E-state index in [2.05, 4.69) is 5.32 Å². The number of thiocarbonyl (C=S) groups is 1. The summed E-state index contributed by atoms with van der Waals surface area (Å²) in [6, 6.07) is 5.05. The quantitative estimate of drug-likeness (QED) is 0.587. The third-order valence-electron chi connectivity index (χ3n) is 3.31. The first-order valence-electron chi connectivity index (χ1n) is 7.12. The van der Waals surface area contributed by atoms with Crippen molar-refractivity contribution < 1.29 is 14.3 Å². The maximum atomic E-state index is 12.0. The van der Waals surface area contributed by atoms with Crippen molar-refractivity contribution in [3.8, 4) is 5.75 Å². The highest BCUT2D eigenvalue weighted by molar-refractivity contribution is 8.23. The van der Waals surface area contributed by atoms with Gasteiger partial charge in [0.1, 0.15) is 10.1 Å². The van der Waals surface area contributed by atoms with E-state index in [1.807, 2.05) is 0 Å². The second-order valence-corrected chi connectivity index (χ2v) is 7.00. The molecule has 23 heavy (non-hydrogen) atoms. The molecule has 0 saturated carbocycles. The summed E-state index contributed by atoms with van der Waals surface area (Å²) >= 11 is 12.4. The average molecular weight is 373 g/mol. The molecule has 1 aliphatic rings. The normalized spacial score (nSPS) is 14.3. The predicted molar refractivity (Wildman–Crippen MR) is 97.3 cm³/mol. The van der Waals surface area contributed by atoms with E-state index in [9.17, 15) is 9.59 Å². The molecule has 0 bridgehead atoms. The number of benzene rings is 1. The Morgan fingerprint density at radius 2 is 2.26 bits per heavy atom. The molecule has 1 N–H and O–H groups in total. The molecule has 1 aromatic rings. The number of thioether (sulfide) groups is 1. The number of anilines is 1. The van der Waals surface area contributed by atoms with Crippen LogP contribution in [0.2, 0.25) is 5.02 Å². The minimum atomic E-state index is -0.115. The van der Waals surface area contributed by atoms with Gasteiger partial charge >= 0.3 is 0 Å². The highest BCUT2D eigenvalue weighted by atomic mass is 35.5. The minimum Gasteiger partial charge on any atom is -0.495 e. The van der Waals surface area contributed by atoms with Crippen molar-refractivity contribution in [1.29, 1.82) is 0 Å². The zero-order valence-electron chi connectivity index (χ0n) is 12.6. The number of hydrogen-bond donors (Lipinski definition) is 1. The first-order valence-corrected chi connectivity index (χ1v) is 8.89. The van der Waals surface area contributed by atoms with Gasteiger partial charge in [0, 0.05) is 18.0 Å². The smallest absolute Gasteiger partial charge is 0.238 e. The van der Waals surface area contributed by atoms with Gasteiger partial charge in [-0.15, -0.1) is 0 Å². The second kappa shape index (κ2) is 8.52. The summed E-state index contributed by atoms with van der Waals surface area (Å²) in [6.07, 6.45) is 1.76. The molecule has 0 atom stereocenters. The standard InChI is InChI=1S/C15H17ClN2O3S2/c1-21-12-6-5-10(16)8-11(12)17-13(19)4-2-3-7-18-14(20)9-23-15(18)22/h5-6,8H,2-4,7,9H2,1H3,(H,17,19). The number of carbonyl (C=O) groups excluding carboxylic acids is 2. The van der Waals surface area contributed by atoms with Gasteiger partial charge in [-0.2, -0.15) is 0 Å². The number of carbonyl (C=O) groups is 2. The topological polar surface area (TPSA) is 58.6 Å². The van der Waals surface area contributed by atoms with Crippen LogP contribution in [-0.2, 0) is 9.59 Å². The number of rotatable bonds is 7. The maximum absolute atomic E-state index is 12.0. The first-order chi connectivity index (χ1) is 11.0. The second-order valence-electron chi connectivity index (χ2n) is 4.95. The number of nitrogens with one attached hydrogen (secondary N) is 1. The number of halogens is 1. The summed E-state index contributed by atoms with van der Waals surface area (Å²) < 4.78 is 5.81. The molecular weight excluding hydrogens is 356 g/mol. The van der Waals surface area contributed by atoms with Crippen LogP contribution in [0.3, 0.4) is 0 Å². The van der Waals surface area contributed by atoms with Gasteiger partial charge in [-0.1, -0.05) is 35.6 Å². The number of ether oxygens (including phenoxy) is 1. The van der Waals surface area contributed by atoms with Gasteiger partial charge in [0.2, 0.25) is 11.8 Å². The van der Waals surface area contributed by atoms with Crippen LogP contribution in [0.1, 0.15) is 19.3 Å². The number of unbranched alkanes of at least 4 members (excludes halogenated alkanes) is 1. The summed E-state index contributed by atoms with van der Waals surface area (Å²) in [4.78, 5) is 25.2. The predicted octanol–water partition coefficient (Wildman–Crippen LogP) is 3.32. The summed E-state index contributed by atoms with van der Waals surface area (Å²) in [5.74, 6) is 0.921. The largest absolute Gasteiger partial charge is 0.495 e. The summed E-state index contributed by atoms with van der Waals surface area (Å²) in [6.45, 7) is 0.568. The Morgan fingerprint density at radius 3 is 2.91 bits per heavy atom. The molecule has 5 nitrogen and oxygen atoms in total. The fourth-order valence-electron chi connectivity index (χ4n) is 2.14. The Kier molecular flexibility index (Phi) is 6.68. The van der Waals surface area contributed by atoms with E-state index in [-0.39, 0.29) is 11.8 Å². The van der Waals surface area contributed by atoms with Crippen LogP contribution in [0.4, 0.5) is 5.69 Å². The van der Waals surface area contributed by atoms with Crippen molar-refractivity contribution in [2.45, 2.75) is 19.3 Å². The lowest BCUT2D eigenvalue weighted by molar-refractivity contribution is -0.124. The van der Waals surface area contributed by atoms with Crippen LogP contribution in [-0.4, -0.2) is 40.4 Å². The number of nitrogens with zero attached hydrogens (tertiary/aromatic N) is 1. The number of methoxy groups -OCH3 is 1. The van der Waals surface area contributed by atoms with Crippen LogP contribution in [0.15, 0.2) is 18.2 Å². The zero-order valence-corrected chi connectivity index (χ0v) is 15.0. The van der Waals surface area contributed by atoms with Crippen LogP contribution in [0.25, 0.3) is 0 Å². The van der Waals surface area contributed by atoms with Crippen molar-refractivity contribution in [2.75, 3.05) is 24.7 Å². The van der Waals surface area contributed by atoms with E-state index in [1.54, 1.807) is 23.1 Å². The first kappa shape index (κ1) is 18.0. The molecule has 2 rings (SSSR count). The molecule has 1 heterocycles. The van der Waals surface area contributed by atoms with Gasteiger partial charge in [0.15, 0.2) is 0 Å². The monoisotopic (exact) mass is 372 g/mol. The van der Waals surface area contributed by atoms with Gasteiger partial charge in [0.05, 0.1) is 18.6 Å². The van der Waals surface area contributed by atoms with Crippen molar-refractivity contribution in [1.82, 2.24) is 4.90 Å². The van der Waals surface area contributed by atoms with Crippen molar-refractivity contribution in [3.63, 3.8) is 0 Å². The van der Waals surface area contributed by atoms with E-state index < -0.39 is 0 Å². The number of hydrogen-bond acceptors (Lipinski definition) is 5. The fraction of sp³-hybridized carbons (Fsp3) is 0.400. The summed E-state index contributed by atoms with van der Waals surface area (Å²) in [5.41, 5.74) is 0.553. The zero-order chi connectivity index (χ0) is 16.8. The van der Waals surface area contributed by atoms with Crippen LogP contribution in [0.5, 0.6) is 5.75 Å². The van der Waals surface area contributed by atoms with E-state index >= 15 is 0 Å². The van der Waals surface area contributed by atoms with Gasteiger partial charge in [0.25, 0.3) is 0 Å². The molecule has 0 aromatic heterocycles. The lowest BCUT2D eigenvalue weighted by Gasteiger charge is -2.14. The summed E-state index contributed by atoms with van der Waals surface area (Å²) in [5, 5.41) is 3.32. The molecule has 1 saturated heterocycles. The molecule has 124 valence electrons. The Morgan fingerprint density at radius 1 is 1.48 bits per heavy atom. The van der Waals surface area contributed by atoms with Gasteiger partial charge in [-0.25, -0.2) is 0 Å². The molecule has 1 aromatic carbocycles. The van der Waals surface area contributed by atoms with Crippen LogP contribution in [0, 0.1) is 0 Å². The Labute approximate surface area is 149 Å². The van der Waals surface area contributed by atoms with E-state index in [4.69, 9.17) is 28.6 Å². The molecular formula is C15H17ClN2O3S2. The Bertz CT molecular complexity index is 609. The molecule has 0 aliphatic carbocycles. The van der Waals surface area contributed by atoms with Gasteiger partial charge in [-0.05, 0) is 31.0 Å². The average Bonchev–Trinajstić information content (AvgIpc) is 2.83. The molecule has 2 amide bonds. The summed E-state index contributed by atoms with van der Waals surface area (Å²) in [7, 11) is 1.53. The van der Waals surface area contributed by atoms with Gasteiger partial charge < -0.3 is 10.1 Å². The SMILES string of the molecule is COc1ccc(Cl)cc1NC(=O)CCCCN1C(=O)CSC1=S. The molecule has 1 fully saturated rings. The molecule has 0 spiro atoms. The van der Waals surface area contributed by atoms with Crippen molar-refractivity contribution >= 4 is 57.4 Å². The minimum absolute atomic E-state index is 0.0492.